The molecule has 0 aliphatic carbocycles. The molecule has 0 saturated heterocycles. The number of carbonyl (C=O) groups is 1. The Bertz CT molecular complexity index is 545. The molecule has 1 amide bonds. The Labute approximate surface area is 112 Å². The summed E-state index contributed by atoms with van der Waals surface area (Å²) in [5.74, 6) is -0.0419. The van der Waals surface area contributed by atoms with Crippen LogP contribution in [0.5, 0.6) is 0 Å². The number of hydrogen-bond acceptors (Lipinski definition) is 3. The van der Waals surface area contributed by atoms with Crippen LogP contribution in [0.15, 0.2) is 30.5 Å². The molecule has 0 aliphatic rings. The monoisotopic (exact) mass is 258 g/mol. The second-order valence-electron chi connectivity index (χ2n) is 4.31. The van der Waals surface area contributed by atoms with Gasteiger partial charge in [0, 0.05) is 35.6 Å². The average Bonchev–Trinajstić information content (AvgIpc) is 2.83. The van der Waals surface area contributed by atoms with E-state index in [2.05, 4.69) is 20.8 Å². The van der Waals surface area contributed by atoms with Crippen LogP contribution in [-0.4, -0.2) is 22.6 Å². The van der Waals surface area contributed by atoms with Crippen molar-refractivity contribution in [3.8, 4) is 0 Å². The summed E-state index contributed by atoms with van der Waals surface area (Å²) in [7, 11) is 0. The number of aryl methyl sites for hydroxylation is 1. The quantitative estimate of drug-likeness (QED) is 0.769. The number of nitrogens with zero attached hydrogens (tertiary/aromatic N) is 1. The van der Waals surface area contributed by atoms with Gasteiger partial charge in [0.05, 0.1) is 6.20 Å². The van der Waals surface area contributed by atoms with Crippen LogP contribution in [0.4, 0.5) is 5.69 Å². The first-order valence-corrected chi connectivity index (χ1v) is 6.31. The van der Waals surface area contributed by atoms with Gasteiger partial charge in [-0.05, 0) is 38.1 Å². The number of hydrogen-bond donors (Lipinski definition) is 3. The van der Waals surface area contributed by atoms with Crippen molar-refractivity contribution in [2.24, 2.45) is 0 Å². The number of rotatable bonds is 5. The van der Waals surface area contributed by atoms with E-state index in [0.717, 1.165) is 16.9 Å². The normalized spacial score (nSPS) is 10.2. The Balaban J connectivity index is 1.95. The molecule has 2 rings (SSSR count). The Hall–Kier alpha value is -2.30. The minimum absolute atomic E-state index is 0.0419. The number of aromatic amines is 1. The van der Waals surface area contributed by atoms with Gasteiger partial charge in [0.2, 0.25) is 0 Å². The zero-order valence-corrected chi connectivity index (χ0v) is 11.2. The third kappa shape index (κ3) is 3.34. The van der Waals surface area contributed by atoms with Crippen LogP contribution in [0.2, 0.25) is 0 Å². The summed E-state index contributed by atoms with van der Waals surface area (Å²) >= 11 is 0. The zero-order valence-electron chi connectivity index (χ0n) is 11.2. The van der Waals surface area contributed by atoms with Crippen molar-refractivity contribution in [2.45, 2.75) is 20.4 Å². The van der Waals surface area contributed by atoms with E-state index in [1.54, 1.807) is 0 Å². The number of aromatic nitrogens is 2. The maximum atomic E-state index is 11.6. The van der Waals surface area contributed by atoms with Crippen LogP contribution in [0.1, 0.15) is 28.5 Å². The lowest BCUT2D eigenvalue weighted by molar-refractivity contribution is 0.0956. The van der Waals surface area contributed by atoms with Crippen LogP contribution in [0, 0.1) is 6.92 Å². The lowest BCUT2D eigenvalue weighted by Gasteiger charge is -2.07. The Morgan fingerprint density at radius 2 is 2.05 bits per heavy atom. The summed E-state index contributed by atoms with van der Waals surface area (Å²) in [6.07, 6.45) is 1.81. The first kappa shape index (κ1) is 13.1. The standard InChI is InChI=1S/C14H18N4O/c1-3-15-14(19)11-4-6-13(7-5-11)16-8-12-9-17-18-10(12)2/h4-7,9,16H,3,8H2,1-2H3,(H,15,19)(H,17,18). The third-order valence-corrected chi connectivity index (χ3v) is 2.90. The fourth-order valence-electron chi connectivity index (χ4n) is 1.75. The fraction of sp³-hybridized carbons (Fsp3) is 0.286. The van der Waals surface area contributed by atoms with Gasteiger partial charge in [-0.3, -0.25) is 9.89 Å². The van der Waals surface area contributed by atoms with Gasteiger partial charge in [0.1, 0.15) is 0 Å². The molecule has 1 aromatic heterocycles. The molecule has 3 N–H and O–H groups in total. The van der Waals surface area contributed by atoms with Crippen LogP contribution < -0.4 is 10.6 Å². The molecule has 5 heteroatoms. The highest BCUT2D eigenvalue weighted by atomic mass is 16.1. The van der Waals surface area contributed by atoms with Crippen molar-refractivity contribution in [2.75, 3.05) is 11.9 Å². The number of anilines is 1. The number of nitrogens with one attached hydrogen (secondary N) is 3. The van der Waals surface area contributed by atoms with Crippen LogP contribution in [0.25, 0.3) is 0 Å². The summed E-state index contributed by atoms with van der Waals surface area (Å²) in [6, 6.07) is 7.44. The summed E-state index contributed by atoms with van der Waals surface area (Å²) in [6.45, 7) is 5.24. The third-order valence-electron chi connectivity index (χ3n) is 2.90. The van der Waals surface area contributed by atoms with Crippen molar-refractivity contribution >= 4 is 11.6 Å². The molecule has 0 atom stereocenters. The van der Waals surface area contributed by atoms with E-state index >= 15 is 0 Å². The summed E-state index contributed by atoms with van der Waals surface area (Å²) < 4.78 is 0. The molecular weight excluding hydrogens is 240 g/mol. The zero-order chi connectivity index (χ0) is 13.7. The van der Waals surface area contributed by atoms with E-state index in [9.17, 15) is 4.79 Å². The predicted octanol–water partition coefficient (Wildman–Crippen LogP) is 2.08. The average molecular weight is 258 g/mol. The van der Waals surface area contributed by atoms with Crippen molar-refractivity contribution < 1.29 is 4.79 Å². The second-order valence-corrected chi connectivity index (χ2v) is 4.31. The van der Waals surface area contributed by atoms with Crippen molar-refractivity contribution in [1.82, 2.24) is 15.5 Å². The predicted molar refractivity (Wildman–Crippen MR) is 75.1 cm³/mol. The molecule has 0 fully saturated rings. The number of carbonyl (C=O) groups excluding carboxylic acids is 1. The molecule has 0 spiro atoms. The first-order chi connectivity index (χ1) is 9.20. The van der Waals surface area contributed by atoms with Crippen molar-refractivity contribution in [1.29, 1.82) is 0 Å². The molecule has 5 nitrogen and oxygen atoms in total. The molecule has 1 heterocycles. The molecule has 0 bridgehead atoms. The van der Waals surface area contributed by atoms with E-state index in [-0.39, 0.29) is 5.91 Å². The number of amides is 1. The number of H-pyrrole nitrogens is 1. The number of benzene rings is 1. The topological polar surface area (TPSA) is 69.8 Å². The molecule has 100 valence electrons. The van der Waals surface area contributed by atoms with Crippen LogP contribution >= 0.6 is 0 Å². The van der Waals surface area contributed by atoms with Crippen molar-refractivity contribution in [3.05, 3.63) is 47.3 Å². The molecule has 2 aromatic rings. The molecular formula is C14H18N4O. The lowest BCUT2D eigenvalue weighted by Crippen LogP contribution is -2.22. The summed E-state index contributed by atoms with van der Waals surface area (Å²) in [5, 5.41) is 12.9. The van der Waals surface area contributed by atoms with Crippen LogP contribution in [0.3, 0.4) is 0 Å². The van der Waals surface area contributed by atoms with E-state index in [4.69, 9.17) is 0 Å². The summed E-state index contributed by atoms with van der Waals surface area (Å²) in [4.78, 5) is 11.6. The van der Waals surface area contributed by atoms with E-state index in [1.807, 2.05) is 44.3 Å². The molecule has 19 heavy (non-hydrogen) atoms. The smallest absolute Gasteiger partial charge is 0.251 e. The minimum Gasteiger partial charge on any atom is -0.381 e. The summed E-state index contributed by atoms with van der Waals surface area (Å²) in [5.41, 5.74) is 3.85. The molecule has 0 radical (unpaired) electrons. The maximum Gasteiger partial charge on any atom is 0.251 e. The fourth-order valence-corrected chi connectivity index (χ4v) is 1.75. The molecule has 0 aliphatic heterocycles. The minimum atomic E-state index is -0.0419. The van der Waals surface area contributed by atoms with E-state index in [1.165, 1.54) is 0 Å². The maximum absolute atomic E-state index is 11.6. The largest absolute Gasteiger partial charge is 0.381 e. The van der Waals surface area contributed by atoms with Gasteiger partial charge in [0.25, 0.3) is 5.91 Å². The van der Waals surface area contributed by atoms with Gasteiger partial charge >= 0.3 is 0 Å². The highest BCUT2D eigenvalue weighted by Gasteiger charge is 2.04. The van der Waals surface area contributed by atoms with Gasteiger partial charge in [-0.1, -0.05) is 0 Å². The molecule has 0 saturated carbocycles. The van der Waals surface area contributed by atoms with E-state index in [0.29, 0.717) is 18.7 Å². The Kier molecular flexibility index (Phi) is 4.18. The van der Waals surface area contributed by atoms with Gasteiger partial charge in [-0.15, -0.1) is 0 Å². The second kappa shape index (κ2) is 6.04. The molecule has 0 unspecified atom stereocenters. The van der Waals surface area contributed by atoms with Gasteiger partial charge in [0.15, 0.2) is 0 Å². The SMILES string of the molecule is CCNC(=O)c1ccc(NCc2cn[nH]c2C)cc1. The van der Waals surface area contributed by atoms with Crippen molar-refractivity contribution in [3.63, 3.8) is 0 Å². The Morgan fingerprint density at radius 1 is 1.32 bits per heavy atom. The Morgan fingerprint density at radius 3 is 2.63 bits per heavy atom. The van der Waals surface area contributed by atoms with Gasteiger partial charge in [-0.25, -0.2) is 0 Å². The highest BCUT2D eigenvalue weighted by molar-refractivity contribution is 5.94. The van der Waals surface area contributed by atoms with Gasteiger partial charge in [-0.2, -0.15) is 5.10 Å². The highest BCUT2D eigenvalue weighted by Crippen LogP contribution is 2.12. The van der Waals surface area contributed by atoms with Gasteiger partial charge < -0.3 is 10.6 Å². The van der Waals surface area contributed by atoms with E-state index < -0.39 is 0 Å². The lowest BCUT2D eigenvalue weighted by atomic mass is 10.2. The molecule has 1 aromatic carbocycles. The van der Waals surface area contributed by atoms with Crippen LogP contribution in [-0.2, 0) is 6.54 Å². The first-order valence-electron chi connectivity index (χ1n) is 6.31.